The number of carbonyl (C=O) groups is 1. The van der Waals surface area contributed by atoms with Crippen LogP contribution in [0.3, 0.4) is 0 Å². The first-order valence-corrected chi connectivity index (χ1v) is 6.26. The van der Waals surface area contributed by atoms with E-state index in [4.69, 9.17) is 17.3 Å². The van der Waals surface area contributed by atoms with Gasteiger partial charge in [0.15, 0.2) is 5.69 Å². The second-order valence-corrected chi connectivity index (χ2v) is 4.74. The molecule has 0 atom stereocenters. The maximum atomic E-state index is 13.3. The van der Waals surface area contributed by atoms with E-state index in [1.165, 1.54) is 28.9 Å². The molecule has 0 aromatic carbocycles. The van der Waals surface area contributed by atoms with Gasteiger partial charge in [0, 0.05) is 0 Å². The van der Waals surface area contributed by atoms with Crippen molar-refractivity contribution in [1.82, 2.24) is 19.4 Å². The number of amides is 1. The van der Waals surface area contributed by atoms with Gasteiger partial charge in [0.05, 0.1) is 29.2 Å². The second-order valence-electron chi connectivity index (χ2n) is 4.35. The van der Waals surface area contributed by atoms with Crippen LogP contribution in [-0.2, 0) is 6.18 Å². The van der Waals surface area contributed by atoms with Gasteiger partial charge >= 0.3 is 6.18 Å². The van der Waals surface area contributed by atoms with Crippen LogP contribution in [0.2, 0.25) is 5.15 Å². The van der Waals surface area contributed by atoms with E-state index >= 15 is 0 Å². The molecule has 0 saturated carbocycles. The summed E-state index contributed by atoms with van der Waals surface area (Å²) in [4.78, 5) is 11.2. The number of alkyl halides is 3. The van der Waals surface area contributed by atoms with Crippen LogP contribution in [0.5, 0.6) is 0 Å². The Labute approximate surface area is 125 Å². The normalized spacial score (nSPS) is 12.0. The Bertz CT molecular complexity index is 883. The number of rotatable bonds is 2. The number of hydrogen-bond acceptors (Lipinski definition) is 3. The molecule has 3 heterocycles. The fraction of sp³-hybridized carbons (Fsp3) is 0.0833. The van der Waals surface area contributed by atoms with Gasteiger partial charge in [-0.1, -0.05) is 11.6 Å². The number of primary amides is 1. The lowest BCUT2D eigenvalue weighted by Crippen LogP contribution is -2.21. The van der Waals surface area contributed by atoms with E-state index in [1.807, 2.05) is 0 Å². The number of carbonyl (C=O) groups excluding carboxylic acids is 1. The Morgan fingerprint density at radius 1 is 1.23 bits per heavy atom. The quantitative estimate of drug-likeness (QED) is 0.733. The van der Waals surface area contributed by atoms with Gasteiger partial charge in [-0.25, -0.2) is 9.20 Å². The van der Waals surface area contributed by atoms with E-state index in [1.54, 1.807) is 0 Å². The lowest BCUT2D eigenvalue weighted by atomic mass is 10.2. The molecule has 6 nitrogen and oxygen atoms in total. The molecule has 1 amide bonds. The molecule has 0 spiro atoms. The van der Waals surface area contributed by atoms with E-state index in [-0.39, 0.29) is 10.8 Å². The van der Waals surface area contributed by atoms with E-state index in [0.29, 0.717) is 10.2 Å². The van der Waals surface area contributed by atoms with Crippen molar-refractivity contribution in [2.24, 2.45) is 5.73 Å². The summed E-state index contributed by atoms with van der Waals surface area (Å²) < 4.78 is 41.7. The van der Waals surface area contributed by atoms with Gasteiger partial charge < -0.3 is 5.73 Å². The largest absolute Gasteiger partial charge is 0.434 e. The van der Waals surface area contributed by atoms with Crippen molar-refractivity contribution in [2.45, 2.75) is 6.18 Å². The lowest BCUT2D eigenvalue weighted by molar-refractivity contribution is -0.143. The Hall–Kier alpha value is -2.55. The average Bonchev–Trinajstić information content (AvgIpc) is 3.05. The number of hydrogen-bond donors (Lipinski definition) is 1. The number of aromatic nitrogens is 4. The van der Waals surface area contributed by atoms with Crippen molar-refractivity contribution in [3.05, 3.63) is 47.0 Å². The van der Waals surface area contributed by atoms with Crippen molar-refractivity contribution in [2.75, 3.05) is 0 Å². The van der Waals surface area contributed by atoms with Crippen LogP contribution in [0.15, 0.2) is 30.6 Å². The monoisotopic (exact) mass is 329 g/mol. The third-order valence-corrected chi connectivity index (χ3v) is 3.30. The number of pyridine rings is 1. The topological polar surface area (TPSA) is 78.2 Å². The predicted molar refractivity (Wildman–Crippen MR) is 70.8 cm³/mol. The number of nitrogens with zero attached hydrogens (tertiary/aromatic N) is 4. The first kappa shape index (κ1) is 14.4. The highest BCUT2D eigenvalue weighted by atomic mass is 35.5. The van der Waals surface area contributed by atoms with E-state index in [0.717, 1.165) is 6.20 Å². The van der Waals surface area contributed by atoms with Crippen LogP contribution in [0, 0.1) is 0 Å². The summed E-state index contributed by atoms with van der Waals surface area (Å²) in [5.41, 5.74) is 3.41. The molecule has 22 heavy (non-hydrogen) atoms. The molecule has 0 unspecified atom stereocenters. The number of halogens is 4. The summed E-state index contributed by atoms with van der Waals surface area (Å²) in [5, 5.41) is 7.78. The van der Waals surface area contributed by atoms with E-state index in [9.17, 15) is 18.0 Å². The number of fused-ring (bicyclic) bond motifs is 1. The van der Waals surface area contributed by atoms with Crippen LogP contribution in [0.4, 0.5) is 13.2 Å². The van der Waals surface area contributed by atoms with E-state index < -0.39 is 23.3 Å². The van der Waals surface area contributed by atoms with Crippen LogP contribution < -0.4 is 5.73 Å². The Balaban J connectivity index is 2.35. The third kappa shape index (κ3) is 2.10. The van der Waals surface area contributed by atoms with Gasteiger partial charge in [-0.3, -0.25) is 4.79 Å². The zero-order valence-corrected chi connectivity index (χ0v) is 11.4. The average molecular weight is 330 g/mol. The summed E-state index contributed by atoms with van der Waals surface area (Å²) in [7, 11) is 0. The van der Waals surface area contributed by atoms with Crippen molar-refractivity contribution < 1.29 is 18.0 Å². The Kier molecular flexibility index (Phi) is 3.10. The molecule has 3 aromatic heterocycles. The smallest absolute Gasteiger partial charge is 0.365 e. The summed E-state index contributed by atoms with van der Waals surface area (Å²) >= 11 is 5.92. The second kappa shape index (κ2) is 4.73. The van der Waals surface area contributed by atoms with Crippen LogP contribution in [-0.4, -0.2) is 25.3 Å². The Morgan fingerprint density at radius 2 is 1.95 bits per heavy atom. The molecule has 0 aliphatic heterocycles. The highest BCUT2D eigenvalue weighted by Gasteiger charge is 2.40. The van der Waals surface area contributed by atoms with Gasteiger partial charge in [0.2, 0.25) is 0 Å². The summed E-state index contributed by atoms with van der Waals surface area (Å²) in [5.74, 6) is -1.21. The van der Waals surface area contributed by atoms with Crippen LogP contribution >= 0.6 is 11.6 Å². The summed E-state index contributed by atoms with van der Waals surface area (Å²) in [6.45, 7) is 0. The molecule has 0 bridgehead atoms. The molecule has 0 aliphatic rings. The number of nitrogens with two attached hydrogens (primary N) is 1. The minimum absolute atomic E-state index is 0.0710. The van der Waals surface area contributed by atoms with Crippen LogP contribution in [0.25, 0.3) is 11.2 Å². The standard InChI is InChI=1S/C12H7ClF3N5O/c13-9-2-1-7(8-3-4-18-20(8)9)21-10(12(14,15)16)6(5-19-21)11(17)22/h1-5H,(H2,17,22). The highest BCUT2D eigenvalue weighted by Crippen LogP contribution is 2.34. The Morgan fingerprint density at radius 3 is 2.59 bits per heavy atom. The van der Waals surface area contributed by atoms with Crippen molar-refractivity contribution in [3.63, 3.8) is 0 Å². The molecule has 0 fully saturated rings. The molecule has 3 rings (SSSR count). The fourth-order valence-corrected chi connectivity index (χ4v) is 2.33. The molecular formula is C12H7ClF3N5O. The lowest BCUT2D eigenvalue weighted by Gasteiger charge is -2.13. The molecule has 0 radical (unpaired) electrons. The molecular weight excluding hydrogens is 323 g/mol. The first-order valence-electron chi connectivity index (χ1n) is 5.88. The van der Waals surface area contributed by atoms with E-state index in [2.05, 4.69) is 10.2 Å². The van der Waals surface area contributed by atoms with Crippen molar-refractivity contribution in [3.8, 4) is 5.69 Å². The molecule has 2 N–H and O–H groups in total. The molecule has 0 saturated heterocycles. The predicted octanol–water partition coefficient (Wildman–Crippen LogP) is 2.29. The van der Waals surface area contributed by atoms with Crippen LogP contribution in [0.1, 0.15) is 16.1 Å². The molecule has 10 heteroatoms. The fourth-order valence-electron chi connectivity index (χ4n) is 2.13. The SMILES string of the molecule is NC(=O)c1cnn(-c2ccc(Cl)n3nccc23)c1C(F)(F)F. The molecule has 0 aliphatic carbocycles. The summed E-state index contributed by atoms with van der Waals surface area (Å²) in [6.07, 6.45) is -2.64. The van der Waals surface area contributed by atoms with Gasteiger partial charge in [0.1, 0.15) is 5.15 Å². The van der Waals surface area contributed by atoms with Gasteiger partial charge in [-0.05, 0) is 18.2 Å². The minimum atomic E-state index is -4.81. The zero-order valence-electron chi connectivity index (χ0n) is 10.7. The summed E-state index contributed by atoms with van der Waals surface area (Å²) in [6, 6.07) is 4.21. The first-order chi connectivity index (χ1) is 10.3. The van der Waals surface area contributed by atoms with Crippen molar-refractivity contribution in [1.29, 1.82) is 0 Å². The molecule has 114 valence electrons. The maximum Gasteiger partial charge on any atom is 0.434 e. The molecule has 3 aromatic rings. The highest BCUT2D eigenvalue weighted by molar-refractivity contribution is 6.29. The van der Waals surface area contributed by atoms with Crippen molar-refractivity contribution >= 4 is 23.0 Å². The van der Waals surface area contributed by atoms with Gasteiger partial charge in [-0.15, -0.1) is 0 Å². The third-order valence-electron chi connectivity index (χ3n) is 3.02. The maximum absolute atomic E-state index is 13.3. The zero-order chi connectivity index (χ0) is 16.1. The van der Waals surface area contributed by atoms with Gasteiger partial charge in [0.25, 0.3) is 5.91 Å². The minimum Gasteiger partial charge on any atom is -0.365 e. The van der Waals surface area contributed by atoms with Gasteiger partial charge in [-0.2, -0.15) is 23.4 Å².